The fourth-order valence-electron chi connectivity index (χ4n) is 1.58. The summed E-state index contributed by atoms with van der Waals surface area (Å²) in [5.74, 6) is 0.811. The topological polar surface area (TPSA) is 107 Å². The lowest BCUT2D eigenvalue weighted by Crippen LogP contribution is -1.91. The maximum atomic E-state index is 9.69. The van der Waals surface area contributed by atoms with E-state index in [0.29, 0.717) is 17.1 Å². The fourth-order valence-corrected chi connectivity index (χ4v) is 1.58. The van der Waals surface area contributed by atoms with E-state index in [9.17, 15) is 5.11 Å². The van der Waals surface area contributed by atoms with Crippen molar-refractivity contribution in [1.82, 2.24) is 25.1 Å². The molecule has 0 saturated carbocycles. The van der Waals surface area contributed by atoms with Crippen molar-refractivity contribution in [2.45, 2.75) is 0 Å². The zero-order valence-corrected chi connectivity index (χ0v) is 10.4. The summed E-state index contributed by atoms with van der Waals surface area (Å²) in [6.45, 7) is 0. The van der Waals surface area contributed by atoms with Gasteiger partial charge in [0.2, 0.25) is 11.7 Å². The van der Waals surface area contributed by atoms with Crippen LogP contribution in [0, 0.1) is 0 Å². The molecular weight excluding hydrogens is 262 g/mol. The predicted molar refractivity (Wildman–Crippen MR) is 66.8 cm³/mol. The third kappa shape index (κ3) is 2.14. The number of rotatable bonds is 3. The molecule has 0 fully saturated rings. The average Bonchev–Trinajstić information content (AvgIpc) is 2.97. The van der Waals surface area contributed by atoms with Gasteiger partial charge in [0.15, 0.2) is 0 Å². The van der Waals surface area contributed by atoms with E-state index in [0.717, 1.165) is 0 Å². The van der Waals surface area contributed by atoms with Crippen LogP contribution in [-0.2, 0) is 0 Å². The van der Waals surface area contributed by atoms with Gasteiger partial charge in [0, 0.05) is 12.3 Å². The van der Waals surface area contributed by atoms with Gasteiger partial charge < -0.3 is 14.4 Å². The third-order valence-corrected chi connectivity index (χ3v) is 2.54. The van der Waals surface area contributed by atoms with Gasteiger partial charge in [-0.15, -0.1) is 0 Å². The van der Waals surface area contributed by atoms with Crippen molar-refractivity contribution in [1.29, 1.82) is 0 Å². The van der Waals surface area contributed by atoms with Gasteiger partial charge in [0.1, 0.15) is 17.8 Å². The number of nitrogens with zero attached hydrogens (tertiary/aromatic N) is 5. The minimum Gasteiger partial charge on any atom is -0.505 e. The van der Waals surface area contributed by atoms with Crippen LogP contribution in [0.4, 0.5) is 0 Å². The Morgan fingerprint density at radius 3 is 3.00 bits per heavy atom. The number of ether oxygens (including phenoxy) is 1. The largest absolute Gasteiger partial charge is 0.505 e. The zero-order valence-electron chi connectivity index (χ0n) is 10.4. The Morgan fingerprint density at radius 1 is 1.30 bits per heavy atom. The van der Waals surface area contributed by atoms with Crippen LogP contribution in [0.2, 0.25) is 0 Å². The molecule has 3 aromatic heterocycles. The lowest BCUT2D eigenvalue weighted by atomic mass is 10.2. The van der Waals surface area contributed by atoms with Crippen LogP contribution >= 0.6 is 0 Å². The van der Waals surface area contributed by atoms with Crippen molar-refractivity contribution in [2.75, 3.05) is 7.11 Å². The summed E-state index contributed by atoms with van der Waals surface area (Å²) in [7, 11) is 1.50. The second kappa shape index (κ2) is 4.92. The summed E-state index contributed by atoms with van der Waals surface area (Å²) in [6.07, 6.45) is 4.16. The molecule has 0 spiro atoms. The van der Waals surface area contributed by atoms with Gasteiger partial charge in [0.05, 0.1) is 18.9 Å². The second-order valence-corrected chi connectivity index (χ2v) is 3.76. The quantitative estimate of drug-likeness (QED) is 0.759. The first-order valence-corrected chi connectivity index (χ1v) is 5.61. The first kappa shape index (κ1) is 12.0. The molecular formula is C12H9N5O3. The molecule has 1 N–H and O–H groups in total. The molecule has 0 atom stereocenters. The van der Waals surface area contributed by atoms with Gasteiger partial charge >= 0.3 is 0 Å². The first-order valence-electron chi connectivity index (χ1n) is 5.61. The monoisotopic (exact) mass is 271 g/mol. The van der Waals surface area contributed by atoms with Gasteiger partial charge in [-0.05, 0) is 6.07 Å². The molecule has 100 valence electrons. The Morgan fingerprint density at radius 2 is 2.20 bits per heavy atom. The molecule has 8 nitrogen and oxygen atoms in total. The molecule has 0 aliphatic carbocycles. The van der Waals surface area contributed by atoms with E-state index in [1.807, 2.05) is 0 Å². The molecule has 3 rings (SSSR count). The van der Waals surface area contributed by atoms with Crippen LogP contribution in [0.5, 0.6) is 11.6 Å². The van der Waals surface area contributed by atoms with Gasteiger partial charge in [0.25, 0.3) is 5.89 Å². The summed E-state index contributed by atoms with van der Waals surface area (Å²) < 4.78 is 10.1. The highest BCUT2D eigenvalue weighted by Crippen LogP contribution is 2.28. The van der Waals surface area contributed by atoms with Crippen LogP contribution in [0.25, 0.3) is 23.0 Å². The van der Waals surface area contributed by atoms with E-state index in [1.165, 1.54) is 25.8 Å². The third-order valence-electron chi connectivity index (χ3n) is 2.54. The summed E-state index contributed by atoms with van der Waals surface area (Å²) in [4.78, 5) is 15.9. The van der Waals surface area contributed by atoms with Crippen LogP contribution in [0.1, 0.15) is 0 Å². The van der Waals surface area contributed by atoms with Crippen LogP contribution < -0.4 is 4.74 Å². The van der Waals surface area contributed by atoms with E-state index < -0.39 is 0 Å². The van der Waals surface area contributed by atoms with Gasteiger partial charge in [-0.2, -0.15) is 4.98 Å². The maximum Gasteiger partial charge on any atom is 0.262 e. The van der Waals surface area contributed by atoms with Crippen molar-refractivity contribution in [3.8, 4) is 34.6 Å². The molecule has 0 aliphatic rings. The van der Waals surface area contributed by atoms with Gasteiger partial charge in [-0.25, -0.2) is 9.97 Å². The normalized spacial score (nSPS) is 10.4. The summed E-state index contributed by atoms with van der Waals surface area (Å²) in [5, 5.41) is 13.5. The Hall–Kier alpha value is -3.03. The van der Waals surface area contributed by atoms with E-state index in [1.54, 1.807) is 12.1 Å². The van der Waals surface area contributed by atoms with Crippen LogP contribution in [0.3, 0.4) is 0 Å². The number of hydrogen-bond donors (Lipinski definition) is 1. The van der Waals surface area contributed by atoms with Gasteiger partial charge in [-0.1, -0.05) is 5.16 Å². The first-order chi connectivity index (χ1) is 9.78. The molecule has 0 bridgehead atoms. The lowest BCUT2D eigenvalue weighted by Gasteiger charge is -1.98. The number of aromatic hydroxyl groups is 1. The number of methoxy groups -OCH3 is 1. The number of pyridine rings is 1. The van der Waals surface area contributed by atoms with Crippen LogP contribution in [-0.4, -0.2) is 37.3 Å². The Balaban J connectivity index is 2.00. The van der Waals surface area contributed by atoms with Crippen molar-refractivity contribution in [3.63, 3.8) is 0 Å². The predicted octanol–water partition coefficient (Wildman–Crippen LogP) is 1.30. The molecule has 0 aromatic carbocycles. The van der Waals surface area contributed by atoms with E-state index in [2.05, 4.69) is 25.1 Å². The Bertz CT molecular complexity index is 743. The van der Waals surface area contributed by atoms with Crippen molar-refractivity contribution in [2.24, 2.45) is 0 Å². The number of hydrogen-bond acceptors (Lipinski definition) is 8. The minimum absolute atomic E-state index is 0.0389. The average molecular weight is 271 g/mol. The highest BCUT2D eigenvalue weighted by Gasteiger charge is 2.15. The molecule has 0 aliphatic heterocycles. The fraction of sp³-hybridized carbons (Fsp3) is 0.0833. The summed E-state index contributed by atoms with van der Waals surface area (Å²) >= 11 is 0. The molecule has 0 amide bonds. The van der Waals surface area contributed by atoms with E-state index in [-0.39, 0.29) is 17.5 Å². The molecule has 20 heavy (non-hydrogen) atoms. The highest BCUT2D eigenvalue weighted by molar-refractivity contribution is 5.62. The molecule has 0 radical (unpaired) electrons. The highest BCUT2D eigenvalue weighted by atomic mass is 16.5. The van der Waals surface area contributed by atoms with Crippen molar-refractivity contribution >= 4 is 0 Å². The SMILES string of the molecule is COc1cc(-c2noc(-c3ccncc3O)n2)ncn1. The van der Waals surface area contributed by atoms with E-state index in [4.69, 9.17) is 9.26 Å². The minimum atomic E-state index is -0.0389. The lowest BCUT2D eigenvalue weighted by molar-refractivity contribution is 0.397. The maximum absolute atomic E-state index is 9.69. The Labute approximate surface area is 113 Å². The molecule has 3 aromatic rings. The molecule has 0 unspecified atom stereocenters. The van der Waals surface area contributed by atoms with Gasteiger partial charge in [-0.3, -0.25) is 4.98 Å². The standard InChI is InChI=1S/C12H9N5O3/c1-19-10-4-8(14-6-15-10)11-16-12(20-17-11)7-2-3-13-5-9(7)18/h2-6,18H,1H3. The zero-order chi connectivity index (χ0) is 13.9. The second-order valence-electron chi connectivity index (χ2n) is 3.76. The smallest absolute Gasteiger partial charge is 0.262 e. The molecule has 8 heteroatoms. The molecule has 3 heterocycles. The summed E-state index contributed by atoms with van der Waals surface area (Å²) in [5.41, 5.74) is 0.861. The number of aromatic nitrogens is 5. The molecule has 0 saturated heterocycles. The van der Waals surface area contributed by atoms with Crippen molar-refractivity contribution in [3.05, 3.63) is 30.9 Å². The van der Waals surface area contributed by atoms with Crippen molar-refractivity contribution < 1.29 is 14.4 Å². The van der Waals surface area contributed by atoms with E-state index >= 15 is 0 Å². The Kier molecular flexibility index (Phi) is 2.96. The van der Waals surface area contributed by atoms with Crippen LogP contribution in [0.15, 0.2) is 35.4 Å². The summed E-state index contributed by atoms with van der Waals surface area (Å²) in [6, 6.07) is 3.16.